The Bertz CT molecular complexity index is 716. The highest BCUT2D eigenvalue weighted by molar-refractivity contribution is 7.07. The molecule has 1 aromatic heterocycles. The molecule has 1 aliphatic rings. The van der Waals surface area contributed by atoms with Crippen molar-refractivity contribution in [1.29, 1.82) is 0 Å². The van der Waals surface area contributed by atoms with Crippen LogP contribution in [0.4, 0.5) is 11.4 Å². The van der Waals surface area contributed by atoms with Crippen LogP contribution in [0.5, 0.6) is 5.75 Å². The summed E-state index contributed by atoms with van der Waals surface area (Å²) >= 11 is 7.74. The highest BCUT2D eigenvalue weighted by atomic mass is 35.5. The lowest BCUT2D eigenvalue weighted by Crippen LogP contribution is -2.25. The molecule has 5 nitrogen and oxygen atoms in total. The van der Waals surface area contributed by atoms with E-state index in [1.54, 1.807) is 23.5 Å². The fraction of sp³-hybridized carbons (Fsp3) is 0.200. The summed E-state index contributed by atoms with van der Waals surface area (Å²) in [7, 11) is 0. The van der Waals surface area contributed by atoms with Crippen LogP contribution in [-0.2, 0) is 16.0 Å². The summed E-state index contributed by atoms with van der Waals surface area (Å²) in [5.74, 6) is 0.154. The van der Waals surface area contributed by atoms with Crippen molar-refractivity contribution in [1.82, 2.24) is 0 Å². The summed E-state index contributed by atoms with van der Waals surface area (Å²) in [5.41, 5.74) is 2.13. The van der Waals surface area contributed by atoms with Gasteiger partial charge in [0.05, 0.1) is 16.4 Å². The van der Waals surface area contributed by atoms with Crippen LogP contribution in [0, 0.1) is 0 Å². The van der Waals surface area contributed by atoms with E-state index in [1.165, 1.54) is 0 Å². The maximum atomic E-state index is 12.0. The number of halogens is 1. The van der Waals surface area contributed by atoms with E-state index >= 15 is 0 Å². The zero-order valence-corrected chi connectivity index (χ0v) is 13.1. The number of hydrogen-bond acceptors (Lipinski definition) is 4. The van der Waals surface area contributed by atoms with Crippen molar-refractivity contribution in [2.75, 3.05) is 17.2 Å². The molecule has 2 aromatic rings. The van der Waals surface area contributed by atoms with E-state index in [-0.39, 0.29) is 18.4 Å². The van der Waals surface area contributed by atoms with Crippen molar-refractivity contribution in [2.45, 2.75) is 12.8 Å². The number of benzene rings is 1. The van der Waals surface area contributed by atoms with E-state index in [0.29, 0.717) is 35.0 Å². The van der Waals surface area contributed by atoms with Gasteiger partial charge in [-0.1, -0.05) is 11.6 Å². The van der Waals surface area contributed by atoms with Crippen LogP contribution in [0.1, 0.15) is 12.0 Å². The lowest BCUT2D eigenvalue weighted by atomic mass is 10.2. The van der Waals surface area contributed by atoms with E-state index in [4.69, 9.17) is 16.3 Å². The number of nitrogens with one attached hydrogen (secondary N) is 2. The average Bonchev–Trinajstić information content (AvgIpc) is 2.99. The Hall–Kier alpha value is -2.05. The van der Waals surface area contributed by atoms with Crippen LogP contribution in [0.3, 0.4) is 0 Å². The normalized spacial score (nSPS) is 13.0. The lowest BCUT2D eigenvalue weighted by Gasteiger charge is -2.19. The summed E-state index contributed by atoms with van der Waals surface area (Å²) in [6.45, 7) is -0.0415. The van der Waals surface area contributed by atoms with Crippen molar-refractivity contribution in [3.05, 3.63) is 39.5 Å². The highest BCUT2D eigenvalue weighted by Gasteiger charge is 2.19. The zero-order chi connectivity index (χ0) is 15.5. The molecule has 3 rings (SSSR count). The summed E-state index contributed by atoms with van der Waals surface area (Å²) < 4.78 is 5.31. The van der Waals surface area contributed by atoms with E-state index < -0.39 is 0 Å². The minimum absolute atomic E-state index is 0.0415. The number of thiophene rings is 1. The van der Waals surface area contributed by atoms with Crippen molar-refractivity contribution < 1.29 is 14.3 Å². The number of carbonyl (C=O) groups excluding carboxylic acids is 2. The predicted molar refractivity (Wildman–Crippen MR) is 86.8 cm³/mol. The van der Waals surface area contributed by atoms with Gasteiger partial charge in [-0.05, 0) is 34.9 Å². The number of anilines is 2. The van der Waals surface area contributed by atoms with Crippen LogP contribution in [0.15, 0.2) is 29.0 Å². The van der Waals surface area contributed by atoms with Gasteiger partial charge in [-0.25, -0.2) is 0 Å². The third-order valence-corrected chi connectivity index (χ3v) is 4.24. The molecule has 0 fully saturated rings. The predicted octanol–water partition coefficient (Wildman–Crippen LogP) is 3.30. The maximum Gasteiger partial charge on any atom is 0.262 e. The molecule has 2 amide bonds. The SMILES string of the molecule is O=C(CCc1ccsc1)Nc1cc2c(cc1Cl)NC(=O)CO2. The van der Waals surface area contributed by atoms with E-state index in [2.05, 4.69) is 10.6 Å². The van der Waals surface area contributed by atoms with Gasteiger partial charge in [-0.3, -0.25) is 9.59 Å². The second-order valence-electron chi connectivity index (χ2n) is 4.84. The van der Waals surface area contributed by atoms with Gasteiger partial charge < -0.3 is 15.4 Å². The Morgan fingerprint density at radius 1 is 1.45 bits per heavy atom. The minimum atomic E-state index is -0.226. The molecule has 22 heavy (non-hydrogen) atoms. The zero-order valence-electron chi connectivity index (χ0n) is 11.5. The number of fused-ring (bicyclic) bond motifs is 1. The molecule has 0 saturated carbocycles. The van der Waals surface area contributed by atoms with Gasteiger partial charge in [0, 0.05) is 12.5 Å². The molecule has 2 N–H and O–H groups in total. The molecule has 7 heteroatoms. The number of ether oxygens (including phenoxy) is 1. The van der Waals surface area contributed by atoms with Crippen LogP contribution in [0.2, 0.25) is 5.02 Å². The van der Waals surface area contributed by atoms with Crippen molar-refractivity contribution in [3.63, 3.8) is 0 Å². The molecule has 0 saturated heterocycles. The largest absolute Gasteiger partial charge is 0.482 e. The van der Waals surface area contributed by atoms with Crippen molar-refractivity contribution in [3.8, 4) is 5.75 Å². The Kier molecular flexibility index (Phi) is 4.31. The molecule has 1 aliphatic heterocycles. The van der Waals surface area contributed by atoms with E-state index in [1.807, 2.05) is 16.8 Å². The Labute approximate surface area is 136 Å². The van der Waals surface area contributed by atoms with Crippen molar-refractivity contribution in [2.24, 2.45) is 0 Å². The topological polar surface area (TPSA) is 67.4 Å². The smallest absolute Gasteiger partial charge is 0.262 e. The number of carbonyl (C=O) groups is 2. The van der Waals surface area contributed by atoms with Gasteiger partial charge in [0.25, 0.3) is 5.91 Å². The fourth-order valence-corrected chi connectivity index (χ4v) is 3.02. The fourth-order valence-electron chi connectivity index (χ4n) is 2.10. The molecule has 1 aromatic carbocycles. The number of hydrogen-bond donors (Lipinski definition) is 2. The monoisotopic (exact) mass is 336 g/mol. The first kappa shape index (κ1) is 14.9. The van der Waals surface area contributed by atoms with Crippen molar-refractivity contribution >= 4 is 46.1 Å². The molecule has 0 unspecified atom stereocenters. The second kappa shape index (κ2) is 6.37. The highest BCUT2D eigenvalue weighted by Crippen LogP contribution is 2.36. The molecule has 0 atom stereocenters. The lowest BCUT2D eigenvalue weighted by molar-refractivity contribution is -0.118. The Morgan fingerprint density at radius 2 is 2.32 bits per heavy atom. The standard InChI is InChI=1S/C15H13ClN2O3S/c16-10-5-12-13(21-7-15(20)18-12)6-11(10)17-14(19)2-1-9-3-4-22-8-9/h3-6,8H,1-2,7H2,(H,17,19)(H,18,20). The van der Waals surface area contributed by atoms with Gasteiger partial charge in [0.15, 0.2) is 6.61 Å². The first-order valence-corrected chi connectivity index (χ1v) is 8.01. The number of amides is 2. The quantitative estimate of drug-likeness (QED) is 0.900. The minimum Gasteiger partial charge on any atom is -0.482 e. The van der Waals surface area contributed by atoms with Gasteiger partial charge >= 0.3 is 0 Å². The average molecular weight is 337 g/mol. The van der Waals surface area contributed by atoms with E-state index in [9.17, 15) is 9.59 Å². The van der Waals surface area contributed by atoms with Gasteiger partial charge in [-0.2, -0.15) is 11.3 Å². The Balaban J connectivity index is 1.67. The molecule has 0 bridgehead atoms. The molecular formula is C15H13ClN2O3S. The Morgan fingerprint density at radius 3 is 3.09 bits per heavy atom. The third-order valence-electron chi connectivity index (χ3n) is 3.20. The first-order valence-electron chi connectivity index (χ1n) is 6.69. The first-order chi connectivity index (χ1) is 10.6. The maximum absolute atomic E-state index is 12.0. The summed E-state index contributed by atoms with van der Waals surface area (Å²) in [4.78, 5) is 23.3. The van der Waals surface area contributed by atoms with Gasteiger partial charge in [0.1, 0.15) is 5.75 Å². The molecule has 0 aliphatic carbocycles. The summed E-state index contributed by atoms with van der Waals surface area (Å²) in [5, 5.41) is 9.80. The van der Waals surface area contributed by atoms with Gasteiger partial charge in [-0.15, -0.1) is 0 Å². The molecule has 2 heterocycles. The summed E-state index contributed by atoms with van der Waals surface area (Å²) in [6, 6.07) is 5.20. The molecular weight excluding hydrogens is 324 g/mol. The van der Waals surface area contributed by atoms with Gasteiger partial charge in [0.2, 0.25) is 5.91 Å². The number of rotatable bonds is 4. The second-order valence-corrected chi connectivity index (χ2v) is 6.03. The third kappa shape index (κ3) is 3.40. The molecule has 0 radical (unpaired) electrons. The van der Waals surface area contributed by atoms with Crippen LogP contribution < -0.4 is 15.4 Å². The van der Waals surface area contributed by atoms with E-state index in [0.717, 1.165) is 5.56 Å². The number of aryl methyl sites for hydroxylation is 1. The van der Waals surface area contributed by atoms with Crippen LogP contribution in [0.25, 0.3) is 0 Å². The van der Waals surface area contributed by atoms with Crippen LogP contribution >= 0.6 is 22.9 Å². The molecule has 0 spiro atoms. The molecule has 114 valence electrons. The van der Waals surface area contributed by atoms with Crippen LogP contribution in [-0.4, -0.2) is 18.4 Å². The summed E-state index contributed by atoms with van der Waals surface area (Å²) in [6.07, 6.45) is 1.06.